The van der Waals surface area contributed by atoms with Crippen LogP contribution in [0.25, 0.3) is 11.1 Å². The first kappa shape index (κ1) is 16.0. The molecule has 0 aliphatic carbocycles. The fraction of sp³-hybridized carbons (Fsp3) is 0.294. The zero-order chi connectivity index (χ0) is 15.5. The molecule has 3 nitrogen and oxygen atoms in total. The monoisotopic (exact) mass is 304 g/mol. The van der Waals surface area contributed by atoms with E-state index in [1.54, 1.807) is 0 Å². The molecule has 4 heteroatoms. The van der Waals surface area contributed by atoms with Gasteiger partial charge in [-0.05, 0) is 30.5 Å². The fourth-order valence-corrected chi connectivity index (χ4v) is 3.45. The quantitative estimate of drug-likeness (QED) is 0.733. The third kappa shape index (κ3) is 3.82. The molecule has 0 spiro atoms. The maximum atomic E-state index is 12.4. The van der Waals surface area contributed by atoms with Gasteiger partial charge in [0.25, 0.3) is 0 Å². The lowest BCUT2D eigenvalue weighted by Crippen LogP contribution is -1.97. The van der Waals surface area contributed by atoms with Gasteiger partial charge in [-0.3, -0.25) is 4.57 Å². The second-order valence-electron chi connectivity index (χ2n) is 5.16. The standard InChI is InChI=1S/C17H21O3P/c1-13-6-5-7-15(10-13)17-9-8-14(2)11-16(17)12-21(18,19-3)20-4/h5-11H,12H2,1-4H3. The number of hydrogen-bond acceptors (Lipinski definition) is 3. The molecule has 0 heterocycles. The second-order valence-corrected chi connectivity index (χ2v) is 7.43. The fourth-order valence-electron chi connectivity index (χ4n) is 2.36. The van der Waals surface area contributed by atoms with E-state index in [0.717, 1.165) is 22.3 Å². The highest BCUT2D eigenvalue weighted by Crippen LogP contribution is 2.51. The molecule has 0 aliphatic heterocycles. The van der Waals surface area contributed by atoms with Gasteiger partial charge in [-0.1, -0.05) is 53.6 Å². The van der Waals surface area contributed by atoms with Crippen LogP contribution in [-0.2, 0) is 19.8 Å². The van der Waals surface area contributed by atoms with Crippen LogP contribution in [0.4, 0.5) is 0 Å². The summed E-state index contributed by atoms with van der Waals surface area (Å²) in [5.41, 5.74) is 5.48. The zero-order valence-corrected chi connectivity index (χ0v) is 13.8. The van der Waals surface area contributed by atoms with E-state index >= 15 is 0 Å². The minimum absolute atomic E-state index is 0.269. The van der Waals surface area contributed by atoms with Crippen LogP contribution in [0.15, 0.2) is 42.5 Å². The van der Waals surface area contributed by atoms with Crippen molar-refractivity contribution in [3.63, 3.8) is 0 Å². The molecule has 0 bridgehead atoms. The van der Waals surface area contributed by atoms with Crippen molar-refractivity contribution < 1.29 is 13.6 Å². The first-order valence-electron chi connectivity index (χ1n) is 6.84. The van der Waals surface area contributed by atoms with E-state index in [1.165, 1.54) is 19.8 Å². The summed E-state index contributed by atoms with van der Waals surface area (Å²) in [6.45, 7) is 4.08. The maximum absolute atomic E-state index is 12.4. The van der Waals surface area contributed by atoms with E-state index in [0.29, 0.717) is 0 Å². The van der Waals surface area contributed by atoms with E-state index in [4.69, 9.17) is 9.05 Å². The Labute approximate surface area is 126 Å². The first-order chi connectivity index (χ1) is 9.97. The van der Waals surface area contributed by atoms with E-state index in [2.05, 4.69) is 37.3 Å². The topological polar surface area (TPSA) is 35.5 Å². The van der Waals surface area contributed by atoms with Crippen molar-refractivity contribution in [2.45, 2.75) is 20.0 Å². The van der Waals surface area contributed by atoms with Crippen LogP contribution >= 0.6 is 7.60 Å². The van der Waals surface area contributed by atoms with Crippen molar-refractivity contribution in [1.29, 1.82) is 0 Å². The molecule has 2 aromatic carbocycles. The van der Waals surface area contributed by atoms with Gasteiger partial charge in [0.2, 0.25) is 0 Å². The molecule has 0 saturated heterocycles. The van der Waals surface area contributed by atoms with Crippen LogP contribution in [0.3, 0.4) is 0 Å². The van der Waals surface area contributed by atoms with Crippen molar-refractivity contribution in [1.82, 2.24) is 0 Å². The Balaban J connectivity index is 2.50. The van der Waals surface area contributed by atoms with Crippen molar-refractivity contribution in [2.75, 3.05) is 14.2 Å². The molecule has 0 radical (unpaired) electrons. The van der Waals surface area contributed by atoms with Gasteiger partial charge in [0, 0.05) is 14.2 Å². The molecule has 112 valence electrons. The van der Waals surface area contributed by atoms with Crippen molar-refractivity contribution in [3.05, 3.63) is 59.2 Å². The van der Waals surface area contributed by atoms with Crippen LogP contribution in [0.1, 0.15) is 16.7 Å². The summed E-state index contributed by atoms with van der Waals surface area (Å²) in [6.07, 6.45) is 0.269. The zero-order valence-electron chi connectivity index (χ0n) is 12.9. The average Bonchev–Trinajstić information content (AvgIpc) is 2.47. The molecule has 2 rings (SSSR count). The molecular weight excluding hydrogens is 283 g/mol. The highest BCUT2D eigenvalue weighted by molar-refractivity contribution is 7.52. The van der Waals surface area contributed by atoms with Crippen LogP contribution in [0.5, 0.6) is 0 Å². The summed E-state index contributed by atoms with van der Waals surface area (Å²) >= 11 is 0. The SMILES string of the molecule is COP(=O)(Cc1cc(C)ccc1-c1cccc(C)c1)OC. The normalized spacial score (nSPS) is 11.6. The number of benzene rings is 2. The largest absolute Gasteiger partial charge is 0.334 e. The number of aryl methyl sites for hydroxylation is 2. The molecule has 0 fully saturated rings. The summed E-state index contributed by atoms with van der Waals surface area (Å²) in [7, 11) is -0.236. The summed E-state index contributed by atoms with van der Waals surface area (Å²) in [6, 6.07) is 14.4. The Morgan fingerprint density at radius 3 is 2.24 bits per heavy atom. The lowest BCUT2D eigenvalue weighted by Gasteiger charge is -2.17. The van der Waals surface area contributed by atoms with Crippen molar-refractivity contribution in [2.24, 2.45) is 0 Å². The molecule has 0 N–H and O–H groups in total. The van der Waals surface area contributed by atoms with Gasteiger partial charge >= 0.3 is 7.60 Å². The van der Waals surface area contributed by atoms with E-state index in [1.807, 2.05) is 19.1 Å². The van der Waals surface area contributed by atoms with Gasteiger partial charge in [-0.25, -0.2) is 0 Å². The molecule has 0 aliphatic rings. The van der Waals surface area contributed by atoms with Crippen molar-refractivity contribution >= 4 is 7.60 Å². The van der Waals surface area contributed by atoms with Gasteiger partial charge < -0.3 is 9.05 Å². The van der Waals surface area contributed by atoms with Crippen molar-refractivity contribution in [3.8, 4) is 11.1 Å². The highest BCUT2D eigenvalue weighted by Gasteiger charge is 2.23. The summed E-state index contributed by atoms with van der Waals surface area (Å²) in [5.74, 6) is 0. The summed E-state index contributed by atoms with van der Waals surface area (Å²) in [5, 5.41) is 0. The molecule has 0 atom stereocenters. The molecule has 0 unspecified atom stereocenters. The van der Waals surface area contributed by atoms with Gasteiger partial charge in [-0.2, -0.15) is 0 Å². The molecule has 0 amide bonds. The molecule has 2 aromatic rings. The van der Waals surface area contributed by atoms with Crippen LogP contribution in [0.2, 0.25) is 0 Å². The Bertz CT molecular complexity index is 671. The van der Waals surface area contributed by atoms with E-state index in [9.17, 15) is 4.57 Å². The minimum atomic E-state index is -3.08. The van der Waals surface area contributed by atoms with Gasteiger partial charge in [0.1, 0.15) is 0 Å². The van der Waals surface area contributed by atoms with Gasteiger partial charge in [-0.15, -0.1) is 0 Å². The Morgan fingerprint density at radius 1 is 0.952 bits per heavy atom. The Morgan fingerprint density at radius 2 is 1.62 bits per heavy atom. The number of rotatable bonds is 5. The smallest absolute Gasteiger partial charge is 0.312 e. The molecule has 0 saturated carbocycles. The van der Waals surface area contributed by atoms with Crippen LogP contribution in [0, 0.1) is 13.8 Å². The minimum Gasteiger partial charge on any atom is -0.312 e. The lowest BCUT2D eigenvalue weighted by molar-refractivity contribution is 0.275. The van der Waals surface area contributed by atoms with E-state index < -0.39 is 7.60 Å². The summed E-state index contributed by atoms with van der Waals surface area (Å²) < 4.78 is 22.6. The predicted octanol–water partition coefficient (Wildman–Crippen LogP) is 4.96. The van der Waals surface area contributed by atoms with Gasteiger partial charge in [0.15, 0.2) is 0 Å². The molecule has 21 heavy (non-hydrogen) atoms. The van der Waals surface area contributed by atoms with Gasteiger partial charge in [0.05, 0.1) is 6.16 Å². The van der Waals surface area contributed by atoms with Crippen LogP contribution < -0.4 is 0 Å². The lowest BCUT2D eigenvalue weighted by atomic mass is 9.97. The predicted molar refractivity (Wildman–Crippen MR) is 86.7 cm³/mol. The summed E-state index contributed by atoms with van der Waals surface area (Å²) in [4.78, 5) is 0. The number of hydrogen-bond donors (Lipinski definition) is 0. The second kappa shape index (κ2) is 6.57. The third-order valence-electron chi connectivity index (χ3n) is 3.51. The molecule has 0 aromatic heterocycles. The Hall–Kier alpha value is -1.41. The van der Waals surface area contributed by atoms with E-state index in [-0.39, 0.29) is 6.16 Å². The first-order valence-corrected chi connectivity index (χ1v) is 8.57. The highest BCUT2D eigenvalue weighted by atomic mass is 31.2. The molecular formula is C17H21O3P. The Kier molecular flexibility index (Phi) is 5.00. The maximum Gasteiger partial charge on any atom is 0.334 e. The average molecular weight is 304 g/mol. The van der Waals surface area contributed by atoms with Crippen LogP contribution in [-0.4, -0.2) is 14.2 Å². The third-order valence-corrected chi connectivity index (χ3v) is 5.35.